The zero-order chi connectivity index (χ0) is 11.5. The van der Waals surface area contributed by atoms with E-state index in [1.54, 1.807) is 0 Å². The minimum atomic E-state index is -4.08. The molecule has 0 aliphatic carbocycles. The van der Waals surface area contributed by atoms with Crippen LogP contribution in [0.2, 0.25) is 0 Å². The fourth-order valence-electron chi connectivity index (χ4n) is 1.79. The van der Waals surface area contributed by atoms with Crippen LogP contribution >= 0.6 is 0 Å². The lowest BCUT2D eigenvalue weighted by atomic mass is 10.2. The Hall–Kier alpha value is -0.330. The maximum absolute atomic E-state index is 12.1. The van der Waals surface area contributed by atoms with Gasteiger partial charge in [0.05, 0.1) is 6.54 Å². The van der Waals surface area contributed by atoms with Gasteiger partial charge in [-0.1, -0.05) is 0 Å². The van der Waals surface area contributed by atoms with Crippen LogP contribution in [-0.4, -0.2) is 61.3 Å². The summed E-state index contributed by atoms with van der Waals surface area (Å²) in [6, 6.07) is 0.0826. The highest BCUT2D eigenvalue weighted by Crippen LogP contribution is 2.17. The van der Waals surface area contributed by atoms with Gasteiger partial charge in [0.1, 0.15) is 0 Å². The third-order valence-corrected chi connectivity index (χ3v) is 2.41. The van der Waals surface area contributed by atoms with E-state index in [1.165, 1.54) is 4.90 Å². The molecule has 0 aromatic carbocycles. The van der Waals surface area contributed by atoms with Crippen LogP contribution in [0.5, 0.6) is 0 Å². The van der Waals surface area contributed by atoms with E-state index in [2.05, 4.69) is 4.90 Å². The van der Waals surface area contributed by atoms with Crippen LogP contribution < -0.4 is 5.73 Å². The number of alkyl halides is 3. The molecule has 1 aliphatic heterocycles. The molecule has 2 N–H and O–H groups in total. The van der Waals surface area contributed by atoms with Gasteiger partial charge in [-0.05, 0) is 6.92 Å². The van der Waals surface area contributed by atoms with Gasteiger partial charge in [-0.3, -0.25) is 9.80 Å². The van der Waals surface area contributed by atoms with E-state index in [-0.39, 0.29) is 6.04 Å². The van der Waals surface area contributed by atoms with Crippen molar-refractivity contribution in [3.8, 4) is 0 Å². The predicted molar refractivity (Wildman–Crippen MR) is 52.6 cm³/mol. The average Bonchev–Trinajstić information content (AvgIpc) is 2.05. The molecule has 0 aromatic heterocycles. The molecular weight excluding hydrogens is 207 g/mol. The number of piperazine rings is 1. The third-order valence-electron chi connectivity index (χ3n) is 2.41. The van der Waals surface area contributed by atoms with E-state index in [4.69, 9.17) is 5.73 Å². The Balaban J connectivity index is 2.24. The van der Waals surface area contributed by atoms with Gasteiger partial charge < -0.3 is 5.73 Å². The maximum Gasteiger partial charge on any atom is 0.401 e. The lowest BCUT2D eigenvalue weighted by Crippen LogP contribution is -2.51. The summed E-state index contributed by atoms with van der Waals surface area (Å²) in [5.74, 6) is 0. The van der Waals surface area contributed by atoms with E-state index in [0.717, 1.165) is 6.54 Å². The van der Waals surface area contributed by atoms with Crippen molar-refractivity contribution >= 4 is 0 Å². The molecule has 0 aromatic rings. The van der Waals surface area contributed by atoms with Gasteiger partial charge in [-0.15, -0.1) is 0 Å². The Morgan fingerprint density at radius 2 is 1.60 bits per heavy atom. The van der Waals surface area contributed by atoms with Gasteiger partial charge >= 0.3 is 6.18 Å². The van der Waals surface area contributed by atoms with Gasteiger partial charge in [0.15, 0.2) is 0 Å². The fourth-order valence-corrected chi connectivity index (χ4v) is 1.79. The van der Waals surface area contributed by atoms with E-state index in [9.17, 15) is 13.2 Å². The second-order valence-corrected chi connectivity index (χ2v) is 4.17. The molecule has 1 rings (SSSR count). The second-order valence-electron chi connectivity index (χ2n) is 4.17. The van der Waals surface area contributed by atoms with Crippen LogP contribution in [0.15, 0.2) is 0 Å². The number of hydrogen-bond donors (Lipinski definition) is 1. The van der Waals surface area contributed by atoms with Gasteiger partial charge in [-0.2, -0.15) is 13.2 Å². The minimum absolute atomic E-state index is 0.0826. The zero-order valence-corrected chi connectivity index (χ0v) is 8.93. The number of hydrogen-bond acceptors (Lipinski definition) is 3. The zero-order valence-electron chi connectivity index (χ0n) is 8.93. The highest BCUT2D eigenvalue weighted by atomic mass is 19.4. The van der Waals surface area contributed by atoms with Gasteiger partial charge in [0.2, 0.25) is 0 Å². The SMILES string of the molecule is C[C@@H](N)CN1CCN(CC(F)(F)F)CC1. The Morgan fingerprint density at radius 3 is 2.00 bits per heavy atom. The van der Waals surface area contributed by atoms with Crippen LogP contribution in [0.25, 0.3) is 0 Å². The van der Waals surface area contributed by atoms with Gasteiger partial charge in [-0.25, -0.2) is 0 Å². The first-order valence-corrected chi connectivity index (χ1v) is 5.14. The molecule has 0 amide bonds. The van der Waals surface area contributed by atoms with Crippen LogP contribution in [-0.2, 0) is 0 Å². The molecule has 0 radical (unpaired) electrons. The lowest BCUT2D eigenvalue weighted by molar-refractivity contribution is -0.149. The summed E-state index contributed by atoms with van der Waals surface area (Å²) >= 11 is 0. The molecule has 90 valence electrons. The average molecular weight is 225 g/mol. The molecular formula is C9H18F3N3. The summed E-state index contributed by atoms with van der Waals surface area (Å²) < 4.78 is 36.2. The molecule has 1 aliphatic rings. The summed E-state index contributed by atoms with van der Waals surface area (Å²) in [5, 5.41) is 0. The summed E-state index contributed by atoms with van der Waals surface area (Å²) in [6.07, 6.45) is -4.08. The van der Waals surface area contributed by atoms with Crippen molar-refractivity contribution in [1.82, 2.24) is 9.80 Å². The Kier molecular flexibility index (Phi) is 4.36. The largest absolute Gasteiger partial charge is 0.401 e. The minimum Gasteiger partial charge on any atom is -0.327 e. The molecule has 1 saturated heterocycles. The van der Waals surface area contributed by atoms with Crippen molar-refractivity contribution in [2.45, 2.75) is 19.1 Å². The van der Waals surface area contributed by atoms with Gasteiger partial charge in [0, 0.05) is 38.8 Å². The second kappa shape index (κ2) is 5.14. The molecule has 0 spiro atoms. The summed E-state index contributed by atoms with van der Waals surface area (Å²) in [5.41, 5.74) is 5.62. The Bertz CT molecular complexity index is 186. The van der Waals surface area contributed by atoms with Crippen molar-refractivity contribution in [3.05, 3.63) is 0 Å². The number of halogens is 3. The first-order valence-electron chi connectivity index (χ1n) is 5.14. The Morgan fingerprint density at radius 1 is 1.13 bits per heavy atom. The molecule has 15 heavy (non-hydrogen) atoms. The summed E-state index contributed by atoms with van der Waals surface area (Å²) in [6.45, 7) is 4.19. The van der Waals surface area contributed by atoms with Crippen LogP contribution in [0, 0.1) is 0 Å². The highest BCUT2D eigenvalue weighted by Gasteiger charge is 2.32. The Labute approximate surface area is 88.0 Å². The van der Waals surface area contributed by atoms with Crippen molar-refractivity contribution < 1.29 is 13.2 Å². The first-order chi connectivity index (χ1) is 6.87. The molecule has 6 heteroatoms. The highest BCUT2D eigenvalue weighted by molar-refractivity contribution is 4.75. The molecule has 1 atom stereocenters. The number of nitrogens with zero attached hydrogens (tertiary/aromatic N) is 2. The van der Waals surface area contributed by atoms with E-state index >= 15 is 0 Å². The normalized spacial score (nSPS) is 23.0. The maximum atomic E-state index is 12.1. The van der Waals surface area contributed by atoms with Crippen LogP contribution in [0.4, 0.5) is 13.2 Å². The van der Waals surface area contributed by atoms with Crippen LogP contribution in [0.1, 0.15) is 6.92 Å². The topological polar surface area (TPSA) is 32.5 Å². The number of rotatable bonds is 3. The summed E-state index contributed by atoms with van der Waals surface area (Å²) in [4.78, 5) is 3.55. The van der Waals surface area contributed by atoms with Gasteiger partial charge in [0.25, 0.3) is 0 Å². The van der Waals surface area contributed by atoms with Crippen molar-refractivity contribution in [2.75, 3.05) is 39.3 Å². The molecule has 3 nitrogen and oxygen atoms in total. The van der Waals surface area contributed by atoms with E-state index in [1.807, 2.05) is 6.92 Å². The fraction of sp³-hybridized carbons (Fsp3) is 1.00. The molecule has 1 fully saturated rings. The lowest BCUT2D eigenvalue weighted by Gasteiger charge is -2.35. The van der Waals surface area contributed by atoms with Crippen molar-refractivity contribution in [2.24, 2.45) is 5.73 Å². The standard InChI is InChI=1S/C9H18F3N3/c1-8(13)6-14-2-4-15(5-3-14)7-9(10,11)12/h8H,2-7,13H2,1H3/t8-/m1/s1. The number of nitrogens with two attached hydrogens (primary N) is 1. The smallest absolute Gasteiger partial charge is 0.327 e. The van der Waals surface area contributed by atoms with Crippen molar-refractivity contribution in [3.63, 3.8) is 0 Å². The monoisotopic (exact) mass is 225 g/mol. The van der Waals surface area contributed by atoms with Crippen LogP contribution in [0.3, 0.4) is 0 Å². The molecule has 0 saturated carbocycles. The third kappa shape index (κ3) is 5.34. The van der Waals surface area contributed by atoms with E-state index < -0.39 is 12.7 Å². The predicted octanol–water partition coefficient (Wildman–Crippen LogP) is 0.514. The van der Waals surface area contributed by atoms with Crippen molar-refractivity contribution in [1.29, 1.82) is 0 Å². The molecule has 0 bridgehead atoms. The first kappa shape index (κ1) is 12.7. The van der Waals surface area contributed by atoms with E-state index in [0.29, 0.717) is 26.2 Å². The molecule has 0 unspecified atom stereocenters. The quantitative estimate of drug-likeness (QED) is 0.759. The molecule has 1 heterocycles. The summed E-state index contributed by atoms with van der Waals surface area (Å²) in [7, 11) is 0.